The molecule has 3 heteroatoms. The highest BCUT2D eigenvalue weighted by Gasteiger charge is 2.61. The second-order valence-corrected chi connectivity index (χ2v) is 8.71. The number of rotatable bonds is 2. The van der Waals surface area contributed by atoms with Crippen molar-refractivity contribution in [1.82, 2.24) is 4.90 Å². The molecule has 3 fully saturated rings. The minimum Gasteiger partial charge on any atom is -0.508 e. The van der Waals surface area contributed by atoms with Crippen molar-refractivity contribution < 1.29 is 10.2 Å². The van der Waals surface area contributed by atoms with Gasteiger partial charge >= 0.3 is 0 Å². The number of piperidine rings is 1. The molecule has 1 aromatic rings. The van der Waals surface area contributed by atoms with Crippen molar-refractivity contribution in [2.45, 2.75) is 56.5 Å². The van der Waals surface area contributed by atoms with Gasteiger partial charge in [-0.05, 0) is 86.1 Å². The van der Waals surface area contributed by atoms with Gasteiger partial charge in [-0.3, -0.25) is 0 Å². The Labute approximate surface area is 138 Å². The van der Waals surface area contributed by atoms with E-state index < -0.39 is 0 Å². The molecule has 3 atom stereocenters. The number of phenols is 1. The lowest BCUT2D eigenvalue weighted by Gasteiger charge is -2.57. The second-order valence-electron chi connectivity index (χ2n) is 8.71. The summed E-state index contributed by atoms with van der Waals surface area (Å²) in [7, 11) is 0. The molecule has 0 radical (unpaired) electrons. The lowest BCUT2D eigenvalue weighted by atomic mass is 9.52. The van der Waals surface area contributed by atoms with E-state index in [-0.39, 0.29) is 16.9 Å². The minimum atomic E-state index is -0.175. The topological polar surface area (TPSA) is 43.7 Å². The van der Waals surface area contributed by atoms with Crippen LogP contribution in [0.1, 0.15) is 49.7 Å². The van der Waals surface area contributed by atoms with Crippen molar-refractivity contribution in [3.8, 4) is 5.75 Å². The summed E-state index contributed by atoms with van der Waals surface area (Å²) < 4.78 is 0. The summed E-state index contributed by atoms with van der Waals surface area (Å²) >= 11 is 0. The molecule has 1 saturated heterocycles. The normalized spacial score (nSPS) is 39.6. The molecular weight excluding hydrogens is 286 g/mol. The van der Waals surface area contributed by atoms with Crippen molar-refractivity contribution in [2.75, 3.05) is 19.6 Å². The molecule has 2 saturated carbocycles. The van der Waals surface area contributed by atoms with Gasteiger partial charge in [-0.1, -0.05) is 6.07 Å². The first-order valence-corrected chi connectivity index (χ1v) is 9.33. The predicted molar refractivity (Wildman–Crippen MR) is 89.6 cm³/mol. The molecule has 124 valence electrons. The van der Waals surface area contributed by atoms with Gasteiger partial charge in [0.05, 0.1) is 6.10 Å². The summed E-state index contributed by atoms with van der Waals surface area (Å²) in [6.45, 7) is 3.62. The Kier molecular flexibility index (Phi) is 2.94. The minimum absolute atomic E-state index is 0.0960. The van der Waals surface area contributed by atoms with Gasteiger partial charge in [0.1, 0.15) is 5.75 Å². The Morgan fingerprint density at radius 2 is 2.04 bits per heavy atom. The molecule has 5 rings (SSSR count). The van der Waals surface area contributed by atoms with Gasteiger partial charge in [0.25, 0.3) is 0 Å². The maximum atomic E-state index is 10.4. The van der Waals surface area contributed by atoms with Crippen LogP contribution < -0.4 is 0 Å². The van der Waals surface area contributed by atoms with Crippen LogP contribution >= 0.6 is 0 Å². The first-order chi connectivity index (χ1) is 11.1. The summed E-state index contributed by atoms with van der Waals surface area (Å²) in [6.07, 6.45) is 7.91. The number of likely N-dealkylation sites (tertiary alicyclic amines) is 1. The SMILES string of the molecule is Oc1ccc2c(c1)C13CCN(CC4CC4)CC1(CC[C@@H](O)C3)C2. The Balaban J connectivity index is 1.56. The van der Waals surface area contributed by atoms with Crippen LogP contribution in [-0.4, -0.2) is 40.9 Å². The van der Waals surface area contributed by atoms with Crippen molar-refractivity contribution in [2.24, 2.45) is 11.3 Å². The van der Waals surface area contributed by atoms with Crippen LogP contribution in [0.3, 0.4) is 0 Å². The molecule has 1 aliphatic heterocycles. The van der Waals surface area contributed by atoms with Gasteiger partial charge < -0.3 is 15.1 Å². The molecule has 0 amide bonds. The fraction of sp³-hybridized carbons (Fsp3) is 0.700. The fourth-order valence-electron chi connectivity index (χ4n) is 6.05. The Bertz CT molecular complexity index is 641. The van der Waals surface area contributed by atoms with Gasteiger partial charge in [-0.25, -0.2) is 0 Å². The highest BCUT2D eigenvalue weighted by molar-refractivity contribution is 5.49. The largest absolute Gasteiger partial charge is 0.508 e. The molecule has 23 heavy (non-hydrogen) atoms. The Morgan fingerprint density at radius 3 is 2.87 bits per heavy atom. The number of phenolic OH excluding ortho intramolecular Hbond substituents is 1. The zero-order valence-electron chi connectivity index (χ0n) is 13.8. The molecule has 0 bridgehead atoms. The number of nitrogens with zero attached hydrogens (tertiary/aromatic N) is 1. The van der Waals surface area contributed by atoms with E-state index in [4.69, 9.17) is 0 Å². The summed E-state index contributed by atoms with van der Waals surface area (Å²) in [5.41, 5.74) is 3.15. The quantitative estimate of drug-likeness (QED) is 0.882. The molecule has 2 unspecified atom stereocenters. The summed E-state index contributed by atoms with van der Waals surface area (Å²) in [5.74, 6) is 1.33. The zero-order valence-corrected chi connectivity index (χ0v) is 13.8. The molecule has 4 aliphatic rings. The lowest BCUT2D eigenvalue weighted by Crippen LogP contribution is -2.59. The highest BCUT2D eigenvalue weighted by Crippen LogP contribution is 2.63. The molecule has 0 spiro atoms. The fourth-order valence-corrected chi connectivity index (χ4v) is 6.05. The van der Waals surface area contributed by atoms with Gasteiger partial charge in [0.15, 0.2) is 0 Å². The lowest BCUT2D eigenvalue weighted by molar-refractivity contribution is -0.0629. The van der Waals surface area contributed by atoms with Crippen LogP contribution in [0.15, 0.2) is 18.2 Å². The molecule has 1 aromatic carbocycles. The molecular formula is C20H27NO2. The molecule has 2 N–H and O–H groups in total. The Hall–Kier alpha value is -1.06. The van der Waals surface area contributed by atoms with E-state index in [1.54, 1.807) is 0 Å². The number of fused-ring (bicyclic) bond motifs is 1. The van der Waals surface area contributed by atoms with Gasteiger partial charge in [-0.2, -0.15) is 0 Å². The smallest absolute Gasteiger partial charge is 0.115 e. The third-order valence-electron chi connectivity index (χ3n) is 7.29. The number of aliphatic hydroxyl groups excluding tert-OH is 1. The highest BCUT2D eigenvalue weighted by atomic mass is 16.3. The zero-order chi connectivity index (χ0) is 15.7. The summed E-state index contributed by atoms with van der Waals surface area (Å²) in [4.78, 5) is 2.71. The molecule has 3 nitrogen and oxygen atoms in total. The molecule has 3 aliphatic carbocycles. The van der Waals surface area contributed by atoms with E-state index in [2.05, 4.69) is 11.0 Å². The van der Waals surface area contributed by atoms with E-state index >= 15 is 0 Å². The van der Waals surface area contributed by atoms with E-state index in [1.165, 1.54) is 37.1 Å². The monoisotopic (exact) mass is 313 g/mol. The van der Waals surface area contributed by atoms with Crippen molar-refractivity contribution >= 4 is 0 Å². The number of aliphatic hydroxyl groups is 1. The van der Waals surface area contributed by atoms with Crippen molar-refractivity contribution in [3.05, 3.63) is 29.3 Å². The maximum Gasteiger partial charge on any atom is 0.115 e. The average molecular weight is 313 g/mol. The number of hydrogen-bond acceptors (Lipinski definition) is 3. The maximum absolute atomic E-state index is 10.4. The van der Waals surface area contributed by atoms with Gasteiger partial charge in [-0.15, -0.1) is 0 Å². The second kappa shape index (κ2) is 4.73. The van der Waals surface area contributed by atoms with Crippen molar-refractivity contribution in [3.63, 3.8) is 0 Å². The predicted octanol–water partition coefficient (Wildman–Crippen LogP) is 2.83. The third kappa shape index (κ3) is 2.02. The van der Waals surface area contributed by atoms with E-state index in [0.717, 1.165) is 44.6 Å². The van der Waals surface area contributed by atoms with E-state index in [9.17, 15) is 10.2 Å². The summed E-state index contributed by atoms with van der Waals surface area (Å²) in [5, 5.41) is 20.5. The third-order valence-corrected chi connectivity index (χ3v) is 7.29. The van der Waals surface area contributed by atoms with E-state index in [0.29, 0.717) is 5.75 Å². The van der Waals surface area contributed by atoms with Gasteiger partial charge in [0.2, 0.25) is 0 Å². The number of aromatic hydroxyl groups is 1. The van der Waals surface area contributed by atoms with Crippen LogP contribution in [-0.2, 0) is 11.8 Å². The molecule has 0 aromatic heterocycles. The number of hydrogen-bond donors (Lipinski definition) is 2. The first-order valence-electron chi connectivity index (χ1n) is 9.33. The van der Waals surface area contributed by atoms with Crippen LogP contribution in [0.25, 0.3) is 0 Å². The average Bonchev–Trinajstić information content (AvgIpc) is 3.29. The van der Waals surface area contributed by atoms with Gasteiger partial charge in [0, 0.05) is 18.5 Å². The van der Waals surface area contributed by atoms with Crippen LogP contribution in [0.2, 0.25) is 0 Å². The van der Waals surface area contributed by atoms with E-state index in [1.807, 2.05) is 12.1 Å². The number of benzene rings is 1. The first kappa shape index (κ1) is 14.3. The van der Waals surface area contributed by atoms with Crippen LogP contribution in [0.4, 0.5) is 0 Å². The van der Waals surface area contributed by atoms with Crippen molar-refractivity contribution in [1.29, 1.82) is 0 Å². The summed E-state index contributed by atoms with van der Waals surface area (Å²) in [6, 6.07) is 5.98. The standard InChI is InChI=1S/C20H27NO2/c22-16-4-3-15-10-19-6-5-17(23)11-20(19,18(15)9-16)7-8-21(13-19)12-14-1-2-14/h3-4,9,14,17,22-23H,1-2,5-8,10-13H2/t17-,19?,20?/m1/s1. The van der Waals surface area contributed by atoms with Crippen LogP contribution in [0, 0.1) is 11.3 Å². The van der Waals surface area contributed by atoms with Crippen LogP contribution in [0.5, 0.6) is 5.75 Å². The molecule has 1 heterocycles. The Morgan fingerprint density at radius 1 is 1.17 bits per heavy atom.